The molecule has 0 aromatic heterocycles. The maximum atomic E-state index is 11.8. The van der Waals surface area contributed by atoms with Crippen molar-refractivity contribution in [2.24, 2.45) is 0 Å². The number of likely N-dealkylation sites (N-methyl/N-ethyl adjacent to an activating group) is 1. The maximum Gasteiger partial charge on any atom is 0.241 e. The van der Waals surface area contributed by atoms with Crippen molar-refractivity contribution < 1.29 is 4.79 Å². The van der Waals surface area contributed by atoms with E-state index < -0.39 is 0 Å². The van der Waals surface area contributed by atoms with Gasteiger partial charge in [0.05, 0.1) is 17.9 Å². The van der Waals surface area contributed by atoms with Gasteiger partial charge in [0.25, 0.3) is 0 Å². The van der Waals surface area contributed by atoms with E-state index in [0.717, 1.165) is 18.7 Å². The Morgan fingerprint density at radius 2 is 2.06 bits per heavy atom. The fourth-order valence-electron chi connectivity index (χ4n) is 1.67. The number of rotatable bonds is 5. The molecule has 5 heteroatoms. The van der Waals surface area contributed by atoms with Gasteiger partial charge in [0.15, 0.2) is 0 Å². The lowest BCUT2D eigenvalue weighted by atomic mass is 10.2. The van der Waals surface area contributed by atoms with Gasteiger partial charge < -0.3 is 15.5 Å². The van der Waals surface area contributed by atoms with Gasteiger partial charge in [-0.25, -0.2) is 0 Å². The summed E-state index contributed by atoms with van der Waals surface area (Å²) in [6.07, 6.45) is 0.947. The van der Waals surface area contributed by atoms with Crippen LogP contribution in [0.15, 0.2) is 18.2 Å². The van der Waals surface area contributed by atoms with E-state index in [1.54, 1.807) is 31.1 Å². The summed E-state index contributed by atoms with van der Waals surface area (Å²) >= 11 is 5.88. The van der Waals surface area contributed by atoms with Gasteiger partial charge in [-0.1, -0.05) is 18.5 Å². The standard InChI is InChI=1S/C13H20ClN3O/c1-4-7-17(9-13(18)16(2)3)12-6-5-10(14)8-11(12)15/h5-6,8H,4,7,9,15H2,1-3H3. The molecule has 0 spiro atoms. The van der Waals surface area contributed by atoms with Crippen LogP contribution >= 0.6 is 11.6 Å². The van der Waals surface area contributed by atoms with Crippen LogP contribution in [-0.2, 0) is 4.79 Å². The third kappa shape index (κ3) is 3.81. The third-order valence-corrected chi connectivity index (χ3v) is 2.88. The van der Waals surface area contributed by atoms with Crippen LogP contribution < -0.4 is 10.6 Å². The summed E-state index contributed by atoms with van der Waals surface area (Å²) < 4.78 is 0. The molecule has 1 aromatic carbocycles. The van der Waals surface area contributed by atoms with E-state index in [0.29, 0.717) is 17.3 Å². The molecule has 18 heavy (non-hydrogen) atoms. The van der Waals surface area contributed by atoms with Crippen molar-refractivity contribution in [2.75, 3.05) is 37.8 Å². The molecule has 0 unspecified atom stereocenters. The monoisotopic (exact) mass is 269 g/mol. The first-order chi connectivity index (χ1) is 8.45. The lowest BCUT2D eigenvalue weighted by Crippen LogP contribution is -2.37. The molecule has 0 fully saturated rings. The Hall–Kier alpha value is -1.42. The number of nitrogen functional groups attached to an aromatic ring is 1. The van der Waals surface area contributed by atoms with Gasteiger partial charge in [0.1, 0.15) is 0 Å². The lowest BCUT2D eigenvalue weighted by molar-refractivity contribution is -0.127. The van der Waals surface area contributed by atoms with Crippen molar-refractivity contribution in [3.05, 3.63) is 23.2 Å². The van der Waals surface area contributed by atoms with E-state index in [1.165, 1.54) is 0 Å². The summed E-state index contributed by atoms with van der Waals surface area (Å²) in [5, 5.41) is 0.603. The SMILES string of the molecule is CCCN(CC(=O)N(C)C)c1ccc(Cl)cc1N. The highest BCUT2D eigenvalue weighted by molar-refractivity contribution is 6.31. The number of halogens is 1. The predicted octanol–water partition coefficient (Wildman–Crippen LogP) is 2.23. The van der Waals surface area contributed by atoms with Crippen LogP contribution in [0, 0.1) is 0 Å². The van der Waals surface area contributed by atoms with Crippen LogP contribution in [0.3, 0.4) is 0 Å². The van der Waals surface area contributed by atoms with E-state index in [-0.39, 0.29) is 5.91 Å². The summed E-state index contributed by atoms with van der Waals surface area (Å²) in [6, 6.07) is 5.35. The minimum atomic E-state index is 0.0535. The summed E-state index contributed by atoms with van der Waals surface area (Å²) in [4.78, 5) is 15.4. The highest BCUT2D eigenvalue weighted by Gasteiger charge is 2.14. The van der Waals surface area contributed by atoms with Crippen molar-refractivity contribution in [3.63, 3.8) is 0 Å². The molecule has 0 radical (unpaired) electrons. The second-order valence-electron chi connectivity index (χ2n) is 4.41. The molecule has 0 bridgehead atoms. The zero-order chi connectivity index (χ0) is 13.7. The van der Waals surface area contributed by atoms with Crippen molar-refractivity contribution in [2.45, 2.75) is 13.3 Å². The molecule has 2 N–H and O–H groups in total. The van der Waals surface area contributed by atoms with E-state index >= 15 is 0 Å². The van der Waals surface area contributed by atoms with E-state index in [2.05, 4.69) is 6.92 Å². The highest BCUT2D eigenvalue weighted by atomic mass is 35.5. The fourth-order valence-corrected chi connectivity index (χ4v) is 1.85. The summed E-state index contributed by atoms with van der Waals surface area (Å²) in [5.74, 6) is 0.0535. The van der Waals surface area contributed by atoms with Crippen molar-refractivity contribution in [1.82, 2.24) is 4.90 Å². The number of hydrogen-bond donors (Lipinski definition) is 1. The quantitative estimate of drug-likeness (QED) is 0.834. The summed E-state index contributed by atoms with van der Waals surface area (Å²) in [7, 11) is 3.50. The third-order valence-electron chi connectivity index (χ3n) is 2.65. The number of nitrogens with zero attached hydrogens (tertiary/aromatic N) is 2. The topological polar surface area (TPSA) is 49.6 Å². The second-order valence-corrected chi connectivity index (χ2v) is 4.85. The smallest absolute Gasteiger partial charge is 0.241 e. The number of carbonyl (C=O) groups excluding carboxylic acids is 1. The number of anilines is 2. The van der Waals surface area contributed by atoms with Gasteiger partial charge in [-0.15, -0.1) is 0 Å². The van der Waals surface area contributed by atoms with Crippen LogP contribution in [0.5, 0.6) is 0 Å². The number of amides is 1. The first-order valence-electron chi connectivity index (χ1n) is 5.95. The van der Waals surface area contributed by atoms with Gasteiger partial charge in [-0.05, 0) is 24.6 Å². The Kier molecular flexibility index (Phi) is 5.28. The van der Waals surface area contributed by atoms with E-state index in [1.807, 2.05) is 11.0 Å². The van der Waals surface area contributed by atoms with Crippen molar-refractivity contribution in [1.29, 1.82) is 0 Å². The van der Waals surface area contributed by atoms with E-state index in [9.17, 15) is 4.79 Å². The number of nitrogens with two attached hydrogens (primary N) is 1. The Morgan fingerprint density at radius 3 is 2.56 bits per heavy atom. The normalized spacial score (nSPS) is 10.2. The molecule has 100 valence electrons. The van der Waals surface area contributed by atoms with Crippen LogP contribution in [0.4, 0.5) is 11.4 Å². The lowest BCUT2D eigenvalue weighted by Gasteiger charge is -2.26. The minimum Gasteiger partial charge on any atom is -0.397 e. The molecule has 0 aliphatic carbocycles. The Balaban J connectivity index is 2.93. The van der Waals surface area contributed by atoms with Crippen LogP contribution in [0.25, 0.3) is 0 Å². The predicted molar refractivity (Wildman–Crippen MR) is 77.1 cm³/mol. The molecule has 0 heterocycles. The van der Waals surface area contributed by atoms with Crippen molar-refractivity contribution >= 4 is 28.9 Å². The molecule has 0 aliphatic rings. The Labute approximate surface area is 113 Å². The number of carbonyl (C=O) groups is 1. The van der Waals surface area contributed by atoms with Gasteiger partial charge >= 0.3 is 0 Å². The molecule has 0 saturated heterocycles. The van der Waals surface area contributed by atoms with Gasteiger partial charge in [0.2, 0.25) is 5.91 Å². The summed E-state index contributed by atoms with van der Waals surface area (Å²) in [6.45, 7) is 3.18. The molecule has 1 rings (SSSR count). The first-order valence-corrected chi connectivity index (χ1v) is 6.33. The minimum absolute atomic E-state index is 0.0535. The molecule has 0 saturated carbocycles. The molecule has 0 atom stereocenters. The average molecular weight is 270 g/mol. The maximum absolute atomic E-state index is 11.8. The van der Waals surface area contributed by atoms with Gasteiger partial charge in [0, 0.05) is 25.7 Å². The van der Waals surface area contributed by atoms with Crippen LogP contribution in [0.2, 0.25) is 5.02 Å². The zero-order valence-electron chi connectivity index (χ0n) is 11.1. The molecule has 1 amide bonds. The average Bonchev–Trinajstić information content (AvgIpc) is 2.28. The Bertz CT molecular complexity index is 421. The van der Waals surface area contributed by atoms with Crippen LogP contribution in [-0.4, -0.2) is 38.0 Å². The Morgan fingerprint density at radius 1 is 1.39 bits per heavy atom. The zero-order valence-corrected chi connectivity index (χ0v) is 11.9. The van der Waals surface area contributed by atoms with E-state index in [4.69, 9.17) is 17.3 Å². The number of hydrogen-bond acceptors (Lipinski definition) is 3. The fraction of sp³-hybridized carbons (Fsp3) is 0.462. The molecule has 1 aromatic rings. The highest BCUT2D eigenvalue weighted by Crippen LogP contribution is 2.26. The molecular formula is C13H20ClN3O. The first kappa shape index (κ1) is 14.6. The largest absolute Gasteiger partial charge is 0.397 e. The van der Waals surface area contributed by atoms with Gasteiger partial charge in [-0.2, -0.15) is 0 Å². The molecule has 0 aliphatic heterocycles. The molecular weight excluding hydrogens is 250 g/mol. The second kappa shape index (κ2) is 6.50. The number of benzene rings is 1. The molecule has 4 nitrogen and oxygen atoms in total. The summed E-state index contributed by atoms with van der Waals surface area (Å²) in [5.41, 5.74) is 7.41. The van der Waals surface area contributed by atoms with Crippen molar-refractivity contribution in [3.8, 4) is 0 Å². The van der Waals surface area contributed by atoms with Crippen LogP contribution in [0.1, 0.15) is 13.3 Å². The van der Waals surface area contributed by atoms with Gasteiger partial charge in [-0.3, -0.25) is 4.79 Å².